The second-order valence-corrected chi connectivity index (χ2v) is 14.6. The Morgan fingerprint density at radius 3 is 1.33 bits per heavy atom. The first-order valence-electron chi connectivity index (χ1n) is 21.1. The smallest absolute Gasteiger partial charge is 0.222 e. The molecule has 0 aliphatic carbocycles. The Balaban J connectivity index is 3.57. The molecule has 1 amide bonds. The molecular formula is C43H83NO4. The molecule has 0 aromatic heterocycles. The van der Waals surface area contributed by atoms with Crippen LogP contribution in [0.15, 0.2) is 24.3 Å². The first-order valence-corrected chi connectivity index (χ1v) is 21.1. The van der Waals surface area contributed by atoms with Gasteiger partial charge in [0.1, 0.15) is 0 Å². The summed E-state index contributed by atoms with van der Waals surface area (Å²) in [7, 11) is 0. The van der Waals surface area contributed by atoms with Gasteiger partial charge in [-0.3, -0.25) is 4.79 Å². The molecule has 5 nitrogen and oxygen atoms in total. The lowest BCUT2D eigenvalue weighted by Gasteiger charge is -2.21. The molecule has 0 spiro atoms. The fraction of sp³-hybridized carbons (Fsp3) is 0.884. The van der Waals surface area contributed by atoms with Gasteiger partial charge in [0.25, 0.3) is 0 Å². The van der Waals surface area contributed by atoms with Crippen molar-refractivity contribution in [3.05, 3.63) is 24.3 Å². The minimum Gasteiger partial charge on any atom is -0.394 e. The number of carbonyl (C=O) groups excluding carboxylic acids is 1. The first kappa shape index (κ1) is 46.8. The quantitative estimate of drug-likeness (QED) is 0.0387. The van der Waals surface area contributed by atoms with Gasteiger partial charge < -0.3 is 20.6 Å². The molecule has 0 aliphatic rings. The van der Waals surface area contributed by atoms with Gasteiger partial charge in [-0.15, -0.1) is 0 Å². The van der Waals surface area contributed by atoms with Crippen LogP contribution in [0.4, 0.5) is 0 Å². The predicted octanol–water partition coefficient (Wildman–Crippen LogP) is 11.8. The maximum Gasteiger partial charge on any atom is 0.222 e. The summed E-state index contributed by atoms with van der Waals surface area (Å²) in [5, 5.41) is 33.0. The van der Waals surface area contributed by atoms with Crippen molar-refractivity contribution in [3.8, 4) is 0 Å². The lowest BCUT2D eigenvalue weighted by molar-refractivity contribution is -0.124. The van der Waals surface area contributed by atoms with Crippen LogP contribution < -0.4 is 5.32 Å². The summed E-state index contributed by atoms with van der Waals surface area (Å²) in [5.41, 5.74) is 0. The number of aliphatic hydroxyl groups is 3. The van der Waals surface area contributed by atoms with E-state index in [1.807, 2.05) is 6.08 Å². The van der Waals surface area contributed by atoms with E-state index in [0.29, 0.717) is 6.42 Å². The van der Waals surface area contributed by atoms with Crippen molar-refractivity contribution in [2.45, 2.75) is 238 Å². The number of aliphatic hydroxyl groups excluding tert-OH is 3. The van der Waals surface area contributed by atoms with Gasteiger partial charge >= 0.3 is 0 Å². The molecule has 0 heterocycles. The van der Waals surface area contributed by atoms with E-state index in [1.165, 1.54) is 154 Å². The summed E-state index contributed by atoms with van der Waals surface area (Å²) in [4.78, 5) is 12.3. The third-order valence-electron chi connectivity index (χ3n) is 9.73. The van der Waals surface area contributed by atoms with Crippen LogP contribution in [-0.4, -0.2) is 46.1 Å². The Hall–Kier alpha value is -1.17. The molecule has 4 N–H and O–H groups in total. The molecule has 284 valence electrons. The monoisotopic (exact) mass is 678 g/mol. The van der Waals surface area contributed by atoms with E-state index < -0.39 is 18.2 Å². The Kier molecular flexibility index (Phi) is 37.7. The zero-order valence-corrected chi connectivity index (χ0v) is 32.1. The largest absolute Gasteiger partial charge is 0.394 e. The van der Waals surface area contributed by atoms with Crippen molar-refractivity contribution >= 4 is 5.91 Å². The highest BCUT2D eigenvalue weighted by Crippen LogP contribution is 2.16. The topological polar surface area (TPSA) is 89.8 Å². The summed E-state index contributed by atoms with van der Waals surface area (Å²) in [5.74, 6) is -0.330. The van der Waals surface area contributed by atoms with Crippen molar-refractivity contribution in [3.63, 3.8) is 0 Å². The van der Waals surface area contributed by atoms with Crippen LogP contribution in [0.2, 0.25) is 0 Å². The number of amides is 1. The number of rotatable bonds is 38. The minimum atomic E-state index is -0.930. The lowest BCUT2D eigenvalue weighted by atomic mass is 10.0. The SMILES string of the molecule is CCCC/C=C\CCCCC(O)CC(=O)NC(CO)C(O)/C=C/CCCCCCCCCCCCCCCCCCCCCCCCC. The molecule has 3 atom stereocenters. The third-order valence-corrected chi connectivity index (χ3v) is 9.73. The molecule has 0 aliphatic heterocycles. The average Bonchev–Trinajstić information content (AvgIpc) is 3.08. The summed E-state index contributed by atoms with van der Waals surface area (Å²) < 4.78 is 0. The Morgan fingerprint density at radius 2 is 0.896 bits per heavy atom. The van der Waals surface area contributed by atoms with Gasteiger partial charge in [0, 0.05) is 0 Å². The van der Waals surface area contributed by atoms with Crippen molar-refractivity contribution in [1.82, 2.24) is 5.32 Å². The molecule has 5 heteroatoms. The molecule has 0 radical (unpaired) electrons. The number of carbonyl (C=O) groups is 1. The molecule has 0 bridgehead atoms. The highest BCUT2D eigenvalue weighted by atomic mass is 16.3. The minimum absolute atomic E-state index is 0.00121. The van der Waals surface area contributed by atoms with Crippen LogP contribution in [0.3, 0.4) is 0 Å². The van der Waals surface area contributed by atoms with Crippen molar-refractivity contribution < 1.29 is 20.1 Å². The van der Waals surface area contributed by atoms with Crippen molar-refractivity contribution in [1.29, 1.82) is 0 Å². The van der Waals surface area contributed by atoms with Crippen LogP contribution in [0.1, 0.15) is 219 Å². The number of unbranched alkanes of at least 4 members (excludes halogenated alkanes) is 27. The molecule has 0 saturated heterocycles. The molecule has 0 aromatic rings. The summed E-state index contributed by atoms with van der Waals surface area (Å²) in [6.07, 6.45) is 46.3. The normalized spacial score (nSPS) is 13.9. The van der Waals surface area contributed by atoms with E-state index >= 15 is 0 Å². The van der Waals surface area contributed by atoms with E-state index in [0.717, 1.165) is 38.5 Å². The number of allylic oxidation sites excluding steroid dienone is 3. The second-order valence-electron chi connectivity index (χ2n) is 14.6. The fourth-order valence-corrected chi connectivity index (χ4v) is 6.44. The van der Waals surface area contributed by atoms with Crippen molar-refractivity contribution in [2.75, 3.05) is 6.61 Å². The van der Waals surface area contributed by atoms with E-state index in [4.69, 9.17) is 0 Å². The molecule has 3 unspecified atom stereocenters. The highest BCUT2D eigenvalue weighted by molar-refractivity contribution is 5.76. The summed E-state index contributed by atoms with van der Waals surface area (Å²) >= 11 is 0. The standard InChI is InChI=1S/C43H83NO4/c1-3-5-7-9-11-13-14-15-16-17-18-19-20-21-22-23-24-25-26-27-28-29-31-33-35-37-42(47)41(39-45)44-43(48)38-40(46)36-34-32-30-12-10-8-6-4-2/h10,12,35,37,40-42,45-47H,3-9,11,13-34,36,38-39H2,1-2H3,(H,44,48)/b12-10-,37-35+. The second kappa shape index (κ2) is 38.6. The van der Waals surface area contributed by atoms with Crippen LogP contribution in [-0.2, 0) is 4.79 Å². The number of hydrogen-bond acceptors (Lipinski definition) is 4. The Bertz CT molecular complexity index is 709. The van der Waals surface area contributed by atoms with Gasteiger partial charge in [-0.2, -0.15) is 0 Å². The average molecular weight is 678 g/mol. The number of hydrogen-bond donors (Lipinski definition) is 4. The zero-order chi connectivity index (χ0) is 35.2. The lowest BCUT2D eigenvalue weighted by Crippen LogP contribution is -2.45. The van der Waals surface area contributed by atoms with Crippen LogP contribution in [0.25, 0.3) is 0 Å². The molecular weight excluding hydrogens is 594 g/mol. The fourth-order valence-electron chi connectivity index (χ4n) is 6.44. The van der Waals surface area contributed by atoms with Crippen LogP contribution in [0, 0.1) is 0 Å². The van der Waals surface area contributed by atoms with E-state index in [-0.39, 0.29) is 18.9 Å². The molecule has 0 saturated carbocycles. The van der Waals surface area contributed by atoms with Gasteiger partial charge in [-0.1, -0.05) is 199 Å². The number of nitrogens with one attached hydrogen (secondary N) is 1. The van der Waals surface area contributed by atoms with E-state index in [9.17, 15) is 20.1 Å². The first-order chi connectivity index (χ1) is 23.5. The van der Waals surface area contributed by atoms with E-state index in [2.05, 4.69) is 31.3 Å². The molecule has 48 heavy (non-hydrogen) atoms. The van der Waals surface area contributed by atoms with Gasteiger partial charge in [0.15, 0.2) is 0 Å². The maximum atomic E-state index is 12.3. The summed E-state index contributed by atoms with van der Waals surface area (Å²) in [6, 6.07) is -0.747. The van der Waals surface area contributed by atoms with Gasteiger partial charge in [0.05, 0.1) is 31.3 Å². The van der Waals surface area contributed by atoms with Gasteiger partial charge in [-0.05, 0) is 38.5 Å². The highest BCUT2D eigenvalue weighted by Gasteiger charge is 2.20. The van der Waals surface area contributed by atoms with E-state index in [1.54, 1.807) is 6.08 Å². The molecule has 0 aromatic carbocycles. The van der Waals surface area contributed by atoms with Crippen molar-refractivity contribution in [2.24, 2.45) is 0 Å². The molecule has 0 rings (SSSR count). The van der Waals surface area contributed by atoms with Crippen LogP contribution >= 0.6 is 0 Å². The van der Waals surface area contributed by atoms with Gasteiger partial charge in [0.2, 0.25) is 5.91 Å². The molecule has 0 fully saturated rings. The third kappa shape index (κ3) is 34.7. The van der Waals surface area contributed by atoms with Crippen LogP contribution in [0.5, 0.6) is 0 Å². The Morgan fingerprint density at radius 1 is 0.521 bits per heavy atom. The Labute approximate surface area is 299 Å². The zero-order valence-electron chi connectivity index (χ0n) is 32.1. The summed E-state index contributed by atoms with van der Waals surface area (Å²) in [6.45, 7) is 4.15. The maximum absolute atomic E-state index is 12.3. The predicted molar refractivity (Wildman–Crippen MR) is 208 cm³/mol. The van der Waals surface area contributed by atoms with Gasteiger partial charge in [-0.25, -0.2) is 0 Å².